The summed E-state index contributed by atoms with van der Waals surface area (Å²) in [4.78, 5) is 28.4. The standard InChI is InChI=1S/C13H18N2O4/c1-18-12(16)6-9-15(10-7-13(17)19-2)11-5-3-4-8-14-11/h3-5,8H,6-7,9-10H2,1-2H3. The molecule has 0 atom stereocenters. The molecule has 0 radical (unpaired) electrons. The number of methoxy groups -OCH3 is 2. The highest BCUT2D eigenvalue weighted by atomic mass is 16.5. The summed E-state index contributed by atoms with van der Waals surface area (Å²) in [7, 11) is 2.70. The smallest absolute Gasteiger partial charge is 0.307 e. The van der Waals surface area contributed by atoms with Gasteiger partial charge in [0.15, 0.2) is 0 Å². The van der Waals surface area contributed by atoms with Crippen LogP contribution in [0.2, 0.25) is 0 Å². The number of ether oxygens (including phenoxy) is 2. The van der Waals surface area contributed by atoms with Gasteiger partial charge < -0.3 is 14.4 Å². The SMILES string of the molecule is COC(=O)CCN(CCC(=O)OC)c1ccccn1. The first-order valence-electron chi connectivity index (χ1n) is 5.97. The number of carbonyl (C=O) groups is 2. The minimum absolute atomic E-state index is 0.244. The minimum Gasteiger partial charge on any atom is -0.469 e. The monoisotopic (exact) mass is 266 g/mol. The molecule has 19 heavy (non-hydrogen) atoms. The fourth-order valence-corrected chi connectivity index (χ4v) is 1.54. The van der Waals surface area contributed by atoms with Crippen LogP contribution in [0.3, 0.4) is 0 Å². The lowest BCUT2D eigenvalue weighted by atomic mass is 10.3. The van der Waals surface area contributed by atoms with Crippen molar-refractivity contribution in [3.8, 4) is 0 Å². The number of hydrogen-bond acceptors (Lipinski definition) is 6. The summed E-state index contributed by atoms with van der Waals surface area (Å²) < 4.78 is 9.21. The van der Waals surface area contributed by atoms with Crippen molar-refractivity contribution in [1.82, 2.24) is 4.98 Å². The fraction of sp³-hybridized carbons (Fsp3) is 0.462. The Labute approximate surface area is 112 Å². The lowest BCUT2D eigenvalue weighted by Gasteiger charge is -2.22. The molecule has 1 aromatic rings. The van der Waals surface area contributed by atoms with E-state index in [1.807, 2.05) is 23.1 Å². The Morgan fingerprint density at radius 2 is 1.68 bits per heavy atom. The number of anilines is 1. The predicted molar refractivity (Wildman–Crippen MR) is 69.7 cm³/mol. The summed E-state index contributed by atoms with van der Waals surface area (Å²) in [6.45, 7) is 0.890. The first kappa shape index (κ1) is 14.9. The third kappa shape index (κ3) is 5.37. The number of carbonyl (C=O) groups excluding carboxylic acids is 2. The van der Waals surface area contributed by atoms with E-state index in [-0.39, 0.29) is 24.8 Å². The van der Waals surface area contributed by atoms with Crippen LogP contribution in [0.25, 0.3) is 0 Å². The molecule has 0 unspecified atom stereocenters. The van der Waals surface area contributed by atoms with Crippen LogP contribution in [-0.2, 0) is 19.1 Å². The van der Waals surface area contributed by atoms with E-state index in [4.69, 9.17) is 0 Å². The molecule has 0 N–H and O–H groups in total. The number of hydrogen-bond donors (Lipinski definition) is 0. The summed E-state index contributed by atoms with van der Waals surface area (Å²) in [5, 5.41) is 0. The van der Waals surface area contributed by atoms with E-state index in [0.717, 1.165) is 5.82 Å². The lowest BCUT2D eigenvalue weighted by molar-refractivity contribution is -0.140. The van der Waals surface area contributed by atoms with Gasteiger partial charge in [0.05, 0.1) is 27.1 Å². The van der Waals surface area contributed by atoms with Crippen molar-refractivity contribution in [2.24, 2.45) is 0 Å². The largest absolute Gasteiger partial charge is 0.469 e. The van der Waals surface area contributed by atoms with Crippen molar-refractivity contribution in [2.75, 3.05) is 32.2 Å². The quantitative estimate of drug-likeness (QED) is 0.686. The number of aromatic nitrogens is 1. The minimum atomic E-state index is -0.293. The summed E-state index contributed by atoms with van der Waals surface area (Å²) in [5.74, 6) is 0.133. The molecule has 6 nitrogen and oxygen atoms in total. The Hall–Kier alpha value is -2.11. The zero-order valence-corrected chi connectivity index (χ0v) is 11.2. The van der Waals surface area contributed by atoms with Crippen LogP contribution in [0.5, 0.6) is 0 Å². The van der Waals surface area contributed by atoms with E-state index in [1.165, 1.54) is 14.2 Å². The normalized spacial score (nSPS) is 9.79. The van der Waals surface area contributed by atoms with Gasteiger partial charge in [-0.1, -0.05) is 6.07 Å². The van der Waals surface area contributed by atoms with Crippen molar-refractivity contribution >= 4 is 17.8 Å². The molecule has 0 aliphatic rings. The van der Waals surface area contributed by atoms with E-state index in [0.29, 0.717) is 13.1 Å². The highest BCUT2D eigenvalue weighted by Crippen LogP contribution is 2.10. The van der Waals surface area contributed by atoms with Crippen molar-refractivity contribution in [3.63, 3.8) is 0 Å². The first-order chi connectivity index (χ1) is 9.17. The molecule has 1 rings (SSSR count). The second-order valence-corrected chi connectivity index (χ2v) is 3.83. The van der Waals surface area contributed by atoms with E-state index >= 15 is 0 Å². The van der Waals surface area contributed by atoms with Crippen molar-refractivity contribution in [3.05, 3.63) is 24.4 Å². The topological polar surface area (TPSA) is 68.7 Å². The Bertz CT molecular complexity index is 388. The third-order valence-electron chi connectivity index (χ3n) is 2.60. The summed E-state index contributed by atoms with van der Waals surface area (Å²) in [5.41, 5.74) is 0. The number of esters is 2. The molecule has 0 saturated carbocycles. The Morgan fingerprint density at radius 1 is 1.11 bits per heavy atom. The van der Waals surface area contributed by atoms with Crippen LogP contribution in [0, 0.1) is 0 Å². The second-order valence-electron chi connectivity index (χ2n) is 3.83. The van der Waals surface area contributed by atoms with Crippen LogP contribution < -0.4 is 4.90 Å². The van der Waals surface area contributed by atoms with Crippen LogP contribution in [-0.4, -0.2) is 44.2 Å². The number of pyridine rings is 1. The average Bonchev–Trinajstić information content (AvgIpc) is 2.47. The molecule has 0 fully saturated rings. The van der Waals surface area contributed by atoms with Gasteiger partial charge in [0, 0.05) is 19.3 Å². The van der Waals surface area contributed by atoms with Crippen molar-refractivity contribution in [2.45, 2.75) is 12.8 Å². The molecular formula is C13H18N2O4. The average molecular weight is 266 g/mol. The van der Waals surface area contributed by atoms with E-state index in [1.54, 1.807) is 6.20 Å². The van der Waals surface area contributed by atoms with E-state index < -0.39 is 0 Å². The Morgan fingerprint density at radius 3 is 2.11 bits per heavy atom. The predicted octanol–water partition coefficient (Wildman–Crippen LogP) is 1.01. The fourth-order valence-electron chi connectivity index (χ4n) is 1.54. The van der Waals surface area contributed by atoms with Crippen LogP contribution in [0.4, 0.5) is 5.82 Å². The molecule has 0 amide bonds. The Kier molecular flexibility index (Phi) is 6.35. The maximum absolute atomic E-state index is 11.2. The van der Waals surface area contributed by atoms with Gasteiger partial charge in [-0.25, -0.2) is 4.98 Å². The van der Waals surface area contributed by atoms with Crippen LogP contribution in [0.15, 0.2) is 24.4 Å². The molecule has 104 valence electrons. The summed E-state index contributed by atoms with van der Waals surface area (Å²) >= 11 is 0. The van der Waals surface area contributed by atoms with Gasteiger partial charge in [-0.05, 0) is 12.1 Å². The summed E-state index contributed by atoms with van der Waals surface area (Å²) in [6, 6.07) is 5.49. The molecule has 6 heteroatoms. The second kappa shape index (κ2) is 8.07. The molecule has 1 heterocycles. The van der Waals surface area contributed by atoms with Gasteiger partial charge in [-0.3, -0.25) is 9.59 Å². The van der Waals surface area contributed by atoms with Crippen molar-refractivity contribution in [1.29, 1.82) is 0 Å². The maximum Gasteiger partial charge on any atom is 0.307 e. The Balaban J connectivity index is 2.62. The van der Waals surface area contributed by atoms with E-state index in [2.05, 4.69) is 14.5 Å². The molecular weight excluding hydrogens is 248 g/mol. The van der Waals surface area contributed by atoms with Gasteiger partial charge in [0.25, 0.3) is 0 Å². The van der Waals surface area contributed by atoms with Gasteiger partial charge in [0.2, 0.25) is 0 Å². The molecule has 0 spiro atoms. The third-order valence-corrected chi connectivity index (χ3v) is 2.60. The van der Waals surface area contributed by atoms with Crippen LogP contribution in [0.1, 0.15) is 12.8 Å². The van der Waals surface area contributed by atoms with Gasteiger partial charge in [-0.2, -0.15) is 0 Å². The van der Waals surface area contributed by atoms with Crippen LogP contribution >= 0.6 is 0 Å². The van der Waals surface area contributed by atoms with Crippen molar-refractivity contribution < 1.29 is 19.1 Å². The zero-order valence-electron chi connectivity index (χ0n) is 11.2. The highest BCUT2D eigenvalue weighted by Gasteiger charge is 2.12. The summed E-state index contributed by atoms with van der Waals surface area (Å²) in [6.07, 6.45) is 2.15. The molecule has 1 aromatic heterocycles. The van der Waals surface area contributed by atoms with Gasteiger partial charge in [0.1, 0.15) is 5.82 Å². The van der Waals surface area contributed by atoms with Gasteiger partial charge in [-0.15, -0.1) is 0 Å². The molecule has 0 bridgehead atoms. The lowest BCUT2D eigenvalue weighted by Crippen LogP contribution is -2.29. The zero-order chi connectivity index (χ0) is 14.1. The molecule has 0 saturated heterocycles. The molecule has 0 aromatic carbocycles. The van der Waals surface area contributed by atoms with Gasteiger partial charge >= 0.3 is 11.9 Å². The molecule has 0 aliphatic heterocycles. The number of nitrogens with zero attached hydrogens (tertiary/aromatic N) is 2. The highest BCUT2D eigenvalue weighted by molar-refractivity contribution is 5.71. The molecule has 0 aliphatic carbocycles. The number of rotatable bonds is 7. The maximum atomic E-state index is 11.2. The first-order valence-corrected chi connectivity index (χ1v) is 5.97. The van der Waals surface area contributed by atoms with E-state index in [9.17, 15) is 9.59 Å².